The fourth-order valence-corrected chi connectivity index (χ4v) is 0.629. The van der Waals surface area contributed by atoms with Crippen LogP contribution in [0, 0.1) is 5.95 Å². The molecule has 0 amide bonds. The zero-order valence-corrected chi connectivity index (χ0v) is 6.32. The quantitative estimate of drug-likeness (QED) is 0.673. The van der Waals surface area contributed by atoms with E-state index in [1.807, 2.05) is 0 Å². The van der Waals surface area contributed by atoms with Crippen LogP contribution in [0.1, 0.15) is 5.69 Å². The van der Waals surface area contributed by atoms with E-state index in [0.717, 1.165) is 0 Å². The molecule has 0 bridgehead atoms. The van der Waals surface area contributed by atoms with Gasteiger partial charge in [0, 0.05) is 0 Å². The number of hydrogen-bond acceptors (Lipinski definition) is 2. The Balaban J connectivity index is 3.10. The van der Waals surface area contributed by atoms with Crippen molar-refractivity contribution in [3.8, 4) is 0 Å². The molecule has 8 heteroatoms. The van der Waals surface area contributed by atoms with Gasteiger partial charge in [-0.1, -0.05) is 0 Å². The minimum atomic E-state index is -5.76. The van der Waals surface area contributed by atoms with Crippen LogP contribution < -0.4 is 0 Å². The summed E-state index contributed by atoms with van der Waals surface area (Å²) in [5.41, 5.74) is -1.63. The predicted octanol–water partition coefficient (Wildman–Crippen LogP) is 2.27. The van der Waals surface area contributed by atoms with E-state index in [0.29, 0.717) is 6.07 Å². The van der Waals surface area contributed by atoms with Gasteiger partial charge in [-0.3, -0.25) is 0 Å². The van der Waals surface area contributed by atoms with Crippen LogP contribution in [0.2, 0.25) is 0 Å². The monoisotopic (exact) mass is 216 g/mol. The largest absolute Gasteiger partial charge is 0.459 e. The first-order chi connectivity index (χ1) is 6.25. The molecule has 0 radical (unpaired) electrons. The highest BCUT2D eigenvalue weighted by Crippen LogP contribution is 2.42. The number of alkyl halides is 5. The zero-order chi connectivity index (χ0) is 11.0. The average molecular weight is 216 g/mol. The van der Waals surface area contributed by atoms with Gasteiger partial charge in [-0.05, 0) is 12.1 Å². The van der Waals surface area contributed by atoms with Gasteiger partial charge in [-0.2, -0.15) is 26.3 Å². The van der Waals surface area contributed by atoms with Gasteiger partial charge in [0.1, 0.15) is 5.69 Å². The Bertz CT molecular complexity index is 316. The van der Waals surface area contributed by atoms with Crippen molar-refractivity contribution in [2.75, 3.05) is 0 Å². The Hall–Kier alpha value is -1.34. The first-order valence-corrected chi connectivity index (χ1v) is 3.19. The maximum absolute atomic E-state index is 12.4. The second-order valence-electron chi connectivity index (χ2n) is 2.31. The van der Waals surface area contributed by atoms with Crippen LogP contribution in [-0.2, 0) is 5.92 Å². The highest BCUT2D eigenvalue weighted by Gasteiger charge is 2.60. The van der Waals surface area contributed by atoms with Crippen LogP contribution in [0.3, 0.4) is 0 Å². The van der Waals surface area contributed by atoms with Gasteiger partial charge in [0.2, 0.25) is 5.95 Å². The molecular formula is C6H2F6N2. The molecule has 1 heterocycles. The fourth-order valence-electron chi connectivity index (χ4n) is 0.629. The van der Waals surface area contributed by atoms with Crippen molar-refractivity contribution >= 4 is 0 Å². The molecule has 0 N–H and O–H groups in total. The van der Waals surface area contributed by atoms with Gasteiger partial charge in [0.05, 0.1) is 0 Å². The number of aromatic nitrogens is 2. The van der Waals surface area contributed by atoms with Gasteiger partial charge in [-0.15, -0.1) is 10.2 Å². The standard InChI is InChI=1S/C6H2F6N2/c7-4-2-1-3(13-14-4)5(8,9)6(10,11)12/h1-2H. The second kappa shape index (κ2) is 3.10. The van der Waals surface area contributed by atoms with Gasteiger partial charge < -0.3 is 0 Å². The van der Waals surface area contributed by atoms with Gasteiger partial charge in [-0.25, -0.2) is 0 Å². The maximum Gasteiger partial charge on any atom is 0.459 e. The molecule has 0 aromatic carbocycles. The van der Waals surface area contributed by atoms with E-state index >= 15 is 0 Å². The highest BCUT2D eigenvalue weighted by molar-refractivity contribution is 5.09. The van der Waals surface area contributed by atoms with E-state index < -0.39 is 23.7 Å². The Labute approximate surface area is 73.6 Å². The number of rotatable bonds is 1. The van der Waals surface area contributed by atoms with Crippen LogP contribution >= 0.6 is 0 Å². The third-order valence-electron chi connectivity index (χ3n) is 1.31. The first kappa shape index (κ1) is 10.7. The lowest BCUT2D eigenvalue weighted by atomic mass is 10.2. The molecule has 0 fully saturated rings. The molecule has 0 saturated carbocycles. The Morgan fingerprint density at radius 1 is 0.929 bits per heavy atom. The molecule has 0 saturated heterocycles. The van der Waals surface area contributed by atoms with Crippen molar-refractivity contribution < 1.29 is 26.3 Å². The Morgan fingerprint density at radius 3 is 1.86 bits per heavy atom. The van der Waals surface area contributed by atoms with Crippen LogP contribution in [0.4, 0.5) is 26.3 Å². The van der Waals surface area contributed by atoms with Crippen molar-refractivity contribution in [2.45, 2.75) is 12.1 Å². The molecule has 0 aliphatic heterocycles. The summed E-state index contributed by atoms with van der Waals surface area (Å²) >= 11 is 0. The summed E-state index contributed by atoms with van der Waals surface area (Å²) in [6.45, 7) is 0. The van der Waals surface area contributed by atoms with Crippen molar-refractivity contribution in [3.05, 3.63) is 23.8 Å². The van der Waals surface area contributed by atoms with Crippen LogP contribution in [0.15, 0.2) is 12.1 Å². The molecule has 0 spiro atoms. The topological polar surface area (TPSA) is 25.8 Å². The highest BCUT2D eigenvalue weighted by atomic mass is 19.4. The Kier molecular flexibility index (Phi) is 2.38. The normalized spacial score (nSPS) is 13.0. The second-order valence-corrected chi connectivity index (χ2v) is 2.31. The third-order valence-corrected chi connectivity index (χ3v) is 1.31. The first-order valence-electron chi connectivity index (χ1n) is 3.19. The van der Waals surface area contributed by atoms with E-state index in [1.54, 1.807) is 0 Å². The lowest BCUT2D eigenvalue weighted by Crippen LogP contribution is -2.34. The molecule has 0 atom stereocenters. The van der Waals surface area contributed by atoms with Crippen molar-refractivity contribution in [3.63, 3.8) is 0 Å². The molecule has 0 unspecified atom stereocenters. The molecule has 1 aromatic heterocycles. The van der Waals surface area contributed by atoms with Crippen molar-refractivity contribution in [2.24, 2.45) is 0 Å². The number of halogens is 6. The van der Waals surface area contributed by atoms with E-state index in [2.05, 4.69) is 10.2 Å². The molecule has 2 nitrogen and oxygen atoms in total. The molecule has 14 heavy (non-hydrogen) atoms. The maximum atomic E-state index is 12.4. The van der Waals surface area contributed by atoms with Gasteiger partial charge in [0.15, 0.2) is 0 Å². The van der Waals surface area contributed by atoms with Crippen LogP contribution in [-0.4, -0.2) is 16.4 Å². The zero-order valence-electron chi connectivity index (χ0n) is 6.32. The third kappa shape index (κ3) is 1.78. The van der Waals surface area contributed by atoms with Crippen molar-refractivity contribution in [1.82, 2.24) is 10.2 Å². The van der Waals surface area contributed by atoms with E-state index in [-0.39, 0.29) is 6.07 Å². The van der Waals surface area contributed by atoms with Crippen molar-refractivity contribution in [1.29, 1.82) is 0 Å². The SMILES string of the molecule is Fc1ccc(C(F)(F)C(F)(F)F)nn1. The van der Waals surface area contributed by atoms with Crippen LogP contribution in [0.5, 0.6) is 0 Å². The Morgan fingerprint density at radius 2 is 1.50 bits per heavy atom. The molecule has 1 aromatic rings. The summed E-state index contributed by atoms with van der Waals surface area (Å²) in [7, 11) is 0. The summed E-state index contributed by atoms with van der Waals surface area (Å²) < 4.78 is 72.1. The number of hydrogen-bond donors (Lipinski definition) is 0. The fraction of sp³-hybridized carbons (Fsp3) is 0.333. The molecular weight excluding hydrogens is 214 g/mol. The summed E-state index contributed by atoms with van der Waals surface area (Å²) in [6, 6.07) is 0.609. The lowest BCUT2D eigenvalue weighted by molar-refractivity contribution is -0.291. The minimum Gasteiger partial charge on any atom is -0.189 e. The van der Waals surface area contributed by atoms with E-state index in [1.165, 1.54) is 0 Å². The van der Waals surface area contributed by atoms with Gasteiger partial charge in [0.25, 0.3) is 0 Å². The molecule has 1 rings (SSSR count). The minimum absolute atomic E-state index is 0.232. The van der Waals surface area contributed by atoms with Gasteiger partial charge >= 0.3 is 12.1 Å². The summed E-state index contributed by atoms with van der Waals surface area (Å²) in [4.78, 5) is 0. The smallest absolute Gasteiger partial charge is 0.189 e. The molecule has 0 aliphatic carbocycles. The summed E-state index contributed by atoms with van der Waals surface area (Å²) in [5, 5.41) is 4.88. The predicted molar refractivity (Wildman–Crippen MR) is 31.9 cm³/mol. The van der Waals surface area contributed by atoms with Crippen LogP contribution in [0.25, 0.3) is 0 Å². The lowest BCUT2D eigenvalue weighted by Gasteiger charge is -2.17. The number of nitrogens with zero attached hydrogens (tertiary/aromatic N) is 2. The summed E-state index contributed by atoms with van der Waals surface area (Å²) in [6.07, 6.45) is -5.76. The van der Waals surface area contributed by atoms with E-state index in [4.69, 9.17) is 0 Å². The van der Waals surface area contributed by atoms with E-state index in [9.17, 15) is 26.3 Å². The molecule has 0 aliphatic rings. The molecule has 78 valence electrons. The average Bonchev–Trinajstić information content (AvgIpc) is 2.03. The summed E-state index contributed by atoms with van der Waals surface area (Å²) in [5.74, 6) is -6.35.